The second-order valence-corrected chi connectivity index (χ2v) is 6.31. The molecular weight excluding hydrogens is 304 g/mol. The average molecular weight is 322 g/mol. The average Bonchev–Trinajstić information content (AvgIpc) is 3.46. The quantitative estimate of drug-likeness (QED) is 0.938. The zero-order valence-electron chi connectivity index (χ0n) is 13.2. The molecule has 0 radical (unpaired) electrons. The Morgan fingerprint density at radius 1 is 1.17 bits per heavy atom. The molecule has 0 atom stereocenters. The van der Waals surface area contributed by atoms with E-state index >= 15 is 0 Å². The summed E-state index contributed by atoms with van der Waals surface area (Å²) < 4.78 is 0. The molecule has 1 aliphatic heterocycles. The molecule has 1 fully saturated rings. The second-order valence-electron chi connectivity index (χ2n) is 6.31. The standard InChI is InChI=1S/C18H18N4O2/c23-17(16-10-19-6-7-20-16)21-15-4-3-12-5-8-22(11-14(12)9-15)18(24)13-1-2-13/h3-4,6-7,9-10,13H,1-2,5,8,11H2,(H,21,23). The third-order valence-corrected chi connectivity index (χ3v) is 4.51. The number of aromatic nitrogens is 2. The number of anilines is 1. The summed E-state index contributed by atoms with van der Waals surface area (Å²) in [6, 6.07) is 5.88. The fourth-order valence-electron chi connectivity index (χ4n) is 3.02. The summed E-state index contributed by atoms with van der Waals surface area (Å²) in [4.78, 5) is 34.3. The van der Waals surface area contributed by atoms with Crippen LogP contribution in [0, 0.1) is 5.92 Å². The first-order chi connectivity index (χ1) is 11.7. The highest BCUT2D eigenvalue weighted by molar-refractivity contribution is 6.02. The molecular formula is C18H18N4O2. The number of nitrogens with one attached hydrogen (secondary N) is 1. The van der Waals surface area contributed by atoms with Crippen LogP contribution < -0.4 is 5.32 Å². The number of fused-ring (bicyclic) bond motifs is 1. The van der Waals surface area contributed by atoms with Gasteiger partial charge in [0, 0.05) is 37.1 Å². The van der Waals surface area contributed by atoms with Crippen molar-refractivity contribution >= 4 is 17.5 Å². The molecule has 2 aromatic rings. The van der Waals surface area contributed by atoms with Gasteiger partial charge in [0.25, 0.3) is 5.91 Å². The third-order valence-electron chi connectivity index (χ3n) is 4.51. The Morgan fingerprint density at radius 3 is 2.79 bits per heavy atom. The van der Waals surface area contributed by atoms with Gasteiger partial charge in [0.05, 0.1) is 6.20 Å². The lowest BCUT2D eigenvalue weighted by molar-refractivity contribution is -0.133. The van der Waals surface area contributed by atoms with Crippen molar-refractivity contribution in [3.8, 4) is 0 Å². The number of benzene rings is 1. The highest BCUT2D eigenvalue weighted by Gasteiger charge is 2.34. The second kappa shape index (κ2) is 6.03. The predicted molar refractivity (Wildman–Crippen MR) is 88.3 cm³/mol. The van der Waals surface area contributed by atoms with E-state index < -0.39 is 0 Å². The van der Waals surface area contributed by atoms with Crippen LogP contribution in [0.2, 0.25) is 0 Å². The van der Waals surface area contributed by atoms with E-state index in [1.807, 2.05) is 23.1 Å². The molecule has 2 heterocycles. The normalized spacial score (nSPS) is 16.4. The smallest absolute Gasteiger partial charge is 0.275 e. The molecule has 0 bridgehead atoms. The molecule has 6 nitrogen and oxygen atoms in total. The number of hydrogen-bond acceptors (Lipinski definition) is 4. The van der Waals surface area contributed by atoms with E-state index in [2.05, 4.69) is 15.3 Å². The SMILES string of the molecule is O=C(Nc1ccc2c(c1)CN(C(=O)C1CC1)CC2)c1cnccn1. The minimum Gasteiger partial charge on any atom is -0.338 e. The molecule has 0 spiro atoms. The molecule has 1 aliphatic carbocycles. The van der Waals surface area contributed by atoms with E-state index in [1.54, 1.807) is 0 Å². The molecule has 1 aromatic heterocycles. The van der Waals surface area contributed by atoms with Crippen LogP contribution in [0.1, 0.15) is 34.5 Å². The van der Waals surface area contributed by atoms with Crippen molar-refractivity contribution in [2.75, 3.05) is 11.9 Å². The summed E-state index contributed by atoms with van der Waals surface area (Å²) in [5.41, 5.74) is 3.34. The van der Waals surface area contributed by atoms with Gasteiger partial charge in [-0.05, 0) is 42.5 Å². The van der Waals surface area contributed by atoms with Crippen LogP contribution in [0.3, 0.4) is 0 Å². The summed E-state index contributed by atoms with van der Waals surface area (Å²) in [7, 11) is 0. The minimum atomic E-state index is -0.287. The van der Waals surface area contributed by atoms with Gasteiger partial charge in [0.15, 0.2) is 0 Å². The number of rotatable bonds is 3. The van der Waals surface area contributed by atoms with Gasteiger partial charge >= 0.3 is 0 Å². The van der Waals surface area contributed by atoms with E-state index in [1.165, 1.54) is 24.2 Å². The van der Waals surface area contributed by atoms with Crippen molar-refractivity contribution in [3.05, 3.63) is 53.6 Å². The third kappa shape index (κ3) is 2.99. The lowest BCUT2D eigenvalue weighted by Crippen LogP contribution is -2.36. The molecule has 4 rings (SSSR count). The lowest BCUT2D eigenvalue weighted by atomic mass is 9.98. The molecule has 1 aromatic carbocycles. The van der Waals surface area contributed by atoms with Crippen molar-refractivity contribution < 1.29 is 9.59 Å². The Hall–Kier alpha value is -2.76. The number of amides is 2. The fraction of sp³-hybridized carbons (Fsp3) is 0.333. The van der Waals surface area contributed by atoms with Crippen LogP contribution in [0.15, 0.2) is 36.8 Å². The van der Waals surface area contributed by atoms with Crippen molar-refractivity contribution in [2.24, 2.45) is 5.92 Å². The zero-order valence-corrected chi connectivity index (χ0v) is 13.2. The Morgan fingerprint density at radius 2 is 2.04 bits per heavy atom. The van der Waals surface area contributed by atoms with Gasteiger partial charge in [-0.2, -0.15) is 0 Å². The lowest BCUT2D eigenvalue weighted by Gasteiger charge is -2.29. The van der Waals surface area contributed by atoms with Gasteiger partial charge in [0.1, 0.15) is 5.69 Å². The summed E-state index contributed by atoms with van der Waals surface area (Å²) in [6.45, 7) is 1.41. The number of hydrogen-bond donors (Lipinski definition) is 1. The molecule has 2 aliphatic rings. The predicted octanol–water partition coefficient (Wildman–Crippen LogP) is 2.02. The van der Waals surface area contributed by atoms with Gasteiger partial charge in [0.2, 0.25) is 5.91 Å². The Bertz CT molecular complexity index is 787. The van der Waals surface area contributed by atoms with Crippen LogP contribution in [0.5, 0.6) is 0 Å². The number of nitrogens with zero attached hydrogens (tertiary/aromatic N) is 3. The molecule has 2 amide bonds. The molecule has 24 heavy (non-hydrogen) atoms. The summed E-state index contributed by atoms with van der Waals surface area (Å²) in [6.07, 6.45) is 7.37. The van der Waals surface area contributed by atoms with E-state index in [-0.39, 0.29) is 23.4 Å². The summed E-state index contributed by atoms with van der Waals surface area (Å²) in [5.74, 6) is 0.227. The molecule has 1 saturated carbocycles. The molecule has 0 unspecified atom stereocenters. The van der Waals surface area contributed by atoms with Crippen LogP contribution in [0.4, 0.5) is 5.69 Å². The van der Waals surface area contributed by atoms with Gasteiger partial charge in [-0.3, -0.25) is 14.6 Å². The highest BCUT2D eigenvalue weighted by atomic mass is 16.2. The van der Waals surface area contributed by atoms with E-state index in [4.69, 9.17) is 0 Å². The maximum Gasteiger partial charge on any atom is 0.275 e. The monoisotopic (exact) mass is 322 g/mol. The van der Waals surface area contributed by atoms with Crippen LogP contribution in [-0.4, -0.2) is 33.2 Å². The molecule has 1 N–H and O–H groups in total. The van der Waals surface area contributed by atoms with E-state index in [9.17, 15) is 9.59 Å². The number of carbonyl (C=O) groups is 2. The van der Waals surface area contributed by atoms with Gasteiger partial charge < -0.3 is 10.2 Å². The number of carbonyl (C=O) groups excluding carboxylic acids is 2. The Kier molecular flexibility index (Phi) is 3.72. The molecule has 0 saturated heterocycles. The topological polar surface area (TPSA) is 75.2 Å². The largest absolute Gasteiger partial charge is 0.338 e. The Balaban J connectivity index is 1.49. The Labute approximate surface area is 139 Å². The van der Waals surface area contributed by atoms with Crippen LogP contribution >= 0.6 is 0 Å². The summed E-state index contributed by atoms with van der Waals surface area (Å²) >= 11 is 0. The maximum atomic E-state index is 12.3. The van der Waals surface area contributed by atoms with Gasteiger partial charge in [-0.15, -0.1) is 0 Å². The van der Waals surface area contributed by atoms with Crippen LogP contribution in [0.25, 0.3) is 0 Å². The maximum absolute atomic E-state index is 12.3. The van der Waals surface area contributed by atoms with Crippen molar-refractivity contribution in [1.82, 2.24) is 14.9 Å². The first-order valence-electron chi connectivity index (χ1n) is 8.18. The minimum absolute atomic E-state index is 0.242. The van der Waals surface area contributed by atoms with E-state index in [0.717, 1.165) is 31.4 Å². The van der Waals surface area contributed by atoms with Crippen LogP contribution in [-0.2, 0) is 17.8 Å². The molecule has 122 valence electrons. The van der Waals surface area contributed by atoms with Gasteiger partial charge in [-0.25, -0.2) is 4.98 Å². The first kappa shape index (κ1) is 14.8. The first-order valence-corrected chi connectivity index (χ1v) is 8.18. The van der Waals surface area contributed by atoms with Crippen molar-refractivity contribution in [1.29, 1.82) is 0 Å². The van der Waals surface area contributed by atoms with Crippen molar-refractivity contribution in [3.63, 3.8) is 0 Å². The molecule has 6 heteroatoms. The highest BCUT2D eigenvalue weighted by Crippen LogP contribution is 2.33. The summed E-state index contributed by atoms with van der Waals surface area (Å²) in [5, 5.41) is 2.84. The fourth-order valence-corrected chi connectivity index (χ4v) is 3.02. The van der Waals surface area contributed by atoms with E-state index in [0.29, 0.717) is 12.2 Å². The zero-order chi connectivity index (χ0) is 16.5. The van der Waals surface area contributed by atoms with Crippen molar-refractivity contribution in [2.45, 2.75) is 25.8 Å². The van der Waals surface area contributed by atoms with Gasteiger partial charge in [-0.1, -0.05) is 6.07 Å².